The van der Waals surface area contributed by atoms with Crippen LogP contribution in [0, 0.1) is 0 Å². The molecule has 0 fully saturated rings. The normalized spacial score (nSPS) is 12.6. The molecule has 3 aromatic carbocycles. The highest BCUT2D eigenvalue weighted by Gasteiger charge is 2.33. The standard InChI is InChI=1S/C31H38ClN3O4S/c1-22(2)25-15-17-27(18-16-25)35(40(38,39)28-13-8-7-9-14-28)21-29(36)34(20-24-11-10-12-26(32)19-24)23(3)30(37)33-31(4,5)6/h7-19,22-23H,20-21H2,1-6H3,(H,33,37). The molecular weight excluding hydrogens is 546 g/mol. The molecule has 40 heavy (non-hydrogen) atoms. The third kappa shape index (κ3) is 8.08. The third-order valence-electron chi connectivity index (χ3n) is 6.37. The molecule has 214 valence electrons. The van der Waals surface area contributed by atoms with E-state index in [0.717, 1.165) is 15.4 Å². The largest absolute Gasteiger partial charge is 0.350 e. The summed E-state index contributed by atoms with van der Waals surface area (Å²) in [5.41, 5.74) is 1.60. The molecule has 0 aliphatic rings. The molecule has 0 saturated carbocycles. The van der Waals surface area contributed by atoms with Crippen molar-refractivity contribution in [3.63, 3.8) is 0 Å². The van der Waals surface area contributed by atoms with Crippen LogP contribution < -0.4 is 9.62 Å². The summed E-state index contributed by atoms with van der Waals surface area (Å²) in [7, 11) is -4.11. The van der Waals surface area contributed by atoms with Gasteiger partial charge in [0.2, 0.25) is 11.8 Å². The molecule has 0 heterocycles. The van der Waals surface area contributed by atoms with E-state index in [2.05, 4.69) is 19.2 Å². The lowest BCUT2D eigenvalue weighted by atomic mass is 10.0. The van der Waals surface area contributed by atoms with Crippen molar-refractivity contribution in [2.45, 2.75) is 70.5 Å². The predicted molar refractivity (Wildman–Crippen MR) is 161 cm³/mol. The quantitative estimate of drug-likeness (QED) is 0.317. The second-order valence-electron chi connectivity index (χ2n) is 11.1. The Kier molecular flexibility index (Phi) is 10.0. The van der Waals surface area contributed by atoms with Gasteiger partial charge < -0.3 is 10.2 Å². The molecular formula is C31H38ClN3O4S. The zero-order chi connectivity index (χ0) is 29.7. The van der Waals surface area contributed by atoms with Gasteiger partial charge in [0, 0.05) is 17.1 Å². The number of sulfonamides is 1. The summed E-state index contributed by atoms with van der Waals surface area (Å²) < 4.78 is 28.8. The molecule has 0 saturated heterocycles. The van der Waals surface area contributed by atoms with Gasteiger partial charge >= 0.3 is 0 Å². The monoisotopic (exact) mass is 583 g/mol. The Labute approximate surface area is 243 Å². The van der Waals surface area contributed by atoms with Gasteiger partial charge in [0.15, 0.2) is 0 Å². The van der Waals surface area contributed by atoms with Gasteiger partial charge in [0.05, 0.1) is 10.6 Å². The zero-order valence-corrected chi connectivity index (χ0v) is 25.5. The van der Waals surface area contributed by atoms with Crippen molar-refractivity contribution in [3.8, 4) is 0 Å². The molecule has 3 rings (SSSR count). The molecule has 9 heteroatoms. The first-order valence-electron chi connectivity index (χ1n) is 13.2. The summed E-state index contributed by atoms with van der Waals surface area (Å²) >= 11 is 6.19. The molecule has 0 aliphatic heterocycles. The van der Waals surface area contributed by atoms with E-state index < -0.39 is 34.1 Å². The van der Waals surface area contributed by atoms with Crippen LogP contribution in [0.5, 0.6) is 0 Å². The van der Waals surface area contributed by atoms with Crippen molar-refractivity contribution >= 4 is 39.1 Å². The highest BCUT2D eigenvalue weighted by atomic mass is 35.5. The minimum Gasteiger partial charge on any atom is -0.350 e. The maximum atomic E-state index is 14.0. The van der Waals surface area contributed by atoms with Gasteiger partial charge in [-0.1, -0.05) is 67.9 Å². The van der Waals surface area contributed by atoms with Crippen LogP contribution in [0.4, 0.5) is 5.69 Å². The molecule has 2 amide bonds. The highest BCUT2D eigenvalue weighted by Crippen LogP contribution is 2.27. The zero-order valence-electron chi connectivity index (χ0n) is 23.9. The first-order chi connectivity index (χ1) is 18.7. The molecule has 1 atom stereocenters. The minimum absolute atomic E-state index is 0.0654. The smallest absolute Gasteiger partial charge is 0.264 e. The lowest BCUT2D eigenvalue weighted by Crippen LogP contribution is -2.54. The van der Waals surface area contributed by atoms with Crippen molar-refractivity contribution in [2.75, 3.05) is 10.8 Å². The Bertz CT molecular complexity index is 1420. The van der Waals surface area contributed by atoms with Gasteiger partial charge in [0.1, 0.15) is 12.6 Å². The Balaban J connectivity index is 2.04. The third-order valence-corrected chi connectivity index (χ3v) is 8.39. The van der Waals surface area contributed by atoms with Gasteiger partial charge in [-0.2, -0.15) is 0 Å². The maximum Gasteiger partial charge on any atom is 0.264 e. The average molecular weight is 584 g/mol. The fourth-order valence-electron chi connectivity index (χ4n) is 4.16. The van der Waals surface area contributed by atoms with Crippen LogP contribution in [0.15, 0.2) is 83.8 Å². The topological polar surface area (TPSA) is 86.8 Å². The lowest BCUT2D eigenvalue weighted by molar-refractivity contribution is -0.140. The Morgan fingerprint density at radius 2 is 1.52 bits per heavy atom. The number of nitrogens with zero attached hydrogens (tertiary/aromatic N) is 2. The Morgan fingerprint density at radius 3 is 2.08 bits per heavy atom. The van der Waals surface area contributed by atoms with Crippen molar-refractivity contribution in [3.05, 3.63) is 95.0 Å². The van der Waals surface area contributed by atoms with Gasteiger partial charge in [-0.05, 0) is 81.1 Å². The summed E-state index contributed by atoms with van der Waals surface area (Å²) in [6, 6.07) is 21.3. The van der Waals surface area contributed by atoms with Gasteiger partial charge in [-0.25, -0.2) is 8.42 Å². The number of amides is 2. The Morgan fingerprint density at radius 1 is 0.900 bits per heavy atom. The number of hydrogen-bond donors (Lipinski definition) is 1. The van der Waals surface area contributed by atoms with Crippen LogP contribution in [0.25, 0.3) is 0 Å². The van der Waals surface area contributed by atoms with Crippen molar-refractivity contribution in [1.29, 1.82) is 0 Å². The SMILES string of the molecule is CC(C)c1ccc(N(CC(=O)N(Cc2cccc(Cl)c2)C(C)C(=O)NC(C)(C)C)S(=O)(=O)c2ccccc2)cc1. The van der Waals surface area contributed by atoms with Crippen LogP contribution in [0.2, 0.25) is 5.02 Å². The second kappa shape index (κ2) is 12.9. The van der Waals surface area contributed by atoms with Crippen LogP contribution >= 0.6 is 11.6 Å². The van der Waals surface area contributed by atoms with Crippen LogP contribution in [0.3, 0.4) is 0 Å². The molecule has 3 aromatic rings. The molecule has 1 N–H and O–H groups in total. The summed E-state index contributed by atoms with van der Waals surface area (Å²) in [5, 5.41) is 3.41. The summed E-state index contributed by atoms with van der Waals surface area (Å²) in [6.07, 6.45) is 0. The first-order valence-corrected chi connectivity index (χ1v) is 15.0. The fraction of sp³-hybridized carbons (Fsp3) is 0.355. The second-order valence-corrected chi connectivity index (χ2v) is 13.4. The number of anilines is 1. The van der Waals surface area contributed by atoms with Gasteiger partial charge in [-0.15, -0.1) is 0 Å². The number of carbonyl (C=O) groups is 2. The number of halogens is 1. The molecule has 1 unspecified atom stereocenters. The molecule has 0 aliphatic carbocycles. The first kappa shape index (κ1) is 31.2. The number of rotatable bonds is 10. The van der Waals surface area contributed by atoms with Crippen LogP contribution in [-0.4, -0.2) is 43.3 Å². The van der Waals surface area contributed by atoms with E-state index >= 15 is 0 Å². The Hall–Kier alpha value is -3.36. The van der Waals surface area contributed by atoms with E-state index in [-0.39, 0.29) is 23.3 Å². The van der Waals surface area contributed by atoms with E-state index in [4.69, 9.17) is 11.6 Å². The lowest BCUT2D eigenvalue weighted by Gasteiger charge is -2.33. The number of nitrogens with one attached hydrogen (secondary N) is 1. The van der Waals surface area contributed by atoms with E-state index in [1.165, 1.54) is 17.0 Å². The van der Waals surface area contributed by atoms with E-state index in [9.17, 15) is 18.0 Å². The number of benzene rings is 3. The molecule has 0 radical (unpaired) electrons. The van der Waals surface area contributed by atoms with E-state index in [1.807, 2.05) is 39.0 Å². The van der Waals surface area contributed by atoms with Crippen molar-refractivity contribution in [2.24, 2.45) is 0 Å². The summed E-state index contributed by atoms with van der Waals surface area (Å²) in [4.78, 5) is 28.6. The van der Waals surface area contributed by atoms with Crippen molar-refractivity contribution < 1.29 is 18.0 Å². The molecule has 0 bridgehead atoms. The minimum atomic E-state index is -4.11. The molecule has 7 nitrogen and oxygen atoms in total. The van der Waals surface area contributed by atoms with Gasteiger partial charge in [-0.3, -0.25) is 13.9 Å². The summed E-state index contributed by atoms with van der Waals surface area (Å²) in [6.45, 7) is 10.9. The maximum absolute atomic E-state index is 14.0. The number of hydrogen-bond acceptors (Lipinski definition) is 4. The van der Waals surface area contributed by atoms with Crippen LogP contribution in [-0.2, 0) is 26.2 Å². The summed E-state index contributed by atoms with van der Waals surface area (Å²) in [5.74, 6) is -0.615. The highest BCUT2D eigenvalue weighted by molar-refractivity contribution is 7.92. The number of carbonyl (C=O) groups excluding carboxylic acids is 2. The van der Waals surface area contributed by atoms with Crippen LogP contribution in [0.1, 0.15) is 58.6 Å². The van der Waals surface area contributed by atoms with E-state index in [1.54, 1.807) is 55.5 Å². The fourth-order valence-corrected chi connectivity index (χ4v) is 5.81. The predicted octanol–water partition coefficient (Wildman–Crippen LogP) is 5.99. The molecule has 0 spiro atoms. The van der Waals surface area contributed by atoms with Gasteiger partial charge in [0.25, 0.3) is 10.0 Å². The average Bonchev–Trinajstić information content (AvgIpc) is 2.89. The van der Waals surface area contributed by atoms with Crippen molar-refractivity contribution in [1.82, 2.24) is 10.2 Å². The molecule has 0 aromatic heterocycles. The van der Waals surface area contributed by atoms with E-state index in [0.29, 0.717) is 10.7 Å².